The van der Waals surface area contributed by atoms with Gasteiger partial charge in [0.25, 0.3) is 0 Å². The van der Waals surface area contributed by atoms with E-state index >= 15 is 0 Å². The molecule has 2 atom stereocenters. The van der Waals surface area contributed by atoms with Crippen LogP contribution in [0.15, 0.2) is 30.3 Å². The highest BCUT2D eigenvalue weighted by Crippen LogP contribution is 2.19. The van der Waals surface area contributed by atoms with Gasteiger partial charge in [-0.05, 0) is 24.9 Å². The quantitative estimate of drug-likeness (QED) is 0.576. The fraction of sp³-hybridized carbons (Fsp3) is 0.562. The van der Waals surface area contributed by atoms with E-state index in [2.05, 4.69) is 12.2 Å². The van der Waals surface area contributed by atoms with Crippen LogP contribution in [0, 0.1) is 0 Å². The summed E-state index contributed by atoms with van der Waals surface area (Å²) in [5.74, 6) is -0.828. The van der Waals surface area contributed by atoms with Crippen molar-refractivity contribution < 1.29 is 15.0 Å². The van der Waals surface area contributed by atoms with Crippen LogP contribution in [0.3, 0.4) is 0 Å². The van der Waals surface area contributed by atoms with Gasteiger partial charge >= 0.3 is 5.97 Å². The molecule has 112 valence electrons. The Labute approximate surface area is 120 Å². The second-order valence-corrected chi connectivity index (χ2v) is 5.06. The van der Waals surface area contributed by atoms with Crippen molar-refractivity contribution >= 4 is 5.97 Å². The zero-order chi connectivity index (χ0) is 14.8. The monoisotopic (exact) mass is 279 g/mol. The van der Waals surface area contributed by atoms with Crippen LogP contribution in [0.4, 0.5) is 0 Å². The summed E-state index contributed by atoms with van der Waals surface area (Å²) in [4.78, 5) is 10.7. The largest absolute Gasteiger partial charge is 0.481 e. The first kappa shape index (κ1) is 16.7. The zero-order valence-electron chi connectivity index (χ0n) is 12.1. The third-order valence-corrected chi connectivity index (χ3v) is 3.38. The van der Waals surface area contributed by atoms with Crippen LogP contribution < -0.4 is 5.32 Å². The van der Waals surface area contributed by atoms with E-state index in [4.69, 9.17) is 5.11 Å². The van der Waals surface area contributed by atoms with Gasteiger partial charge in [-0.25, -0.2) is 0 Å². The number of hydrogen-bond donors (Lipinski definition) is 3. The van der Waals surface area contributed by atoms with Crippen LogP contribution in [0.25, 0.3) is 0 Å². The lowest BCUT2D eigenvalue weighted by Crippen LogP contribution is -2.36. The highest BCUT2D eigenvalue weighted by atomic mass is 16.4. The Morgan fingerprint density at radius 2 is 1.95 bits per heavy atom. The van der Waals surface area contributed by atoms with Crippen molar-refractivity contribution in [2.24, 2.45) is 0 Å². The molecular formula is C16H25NO3. The molecule has 0 spiro atoms. The molecule has 0 saturated carbocycles. The molecule has 0 saturated heterocycles. The Kier molecular flexibility index (Phi) is 7.92. The Morgan fingerprint density at radius 1 is 1.25 bits per heavy atom. The minimum atomic E-state index is -0.828. The number of benzene rings is 1. The van der Waals surface area contributed by atoms with Gasteiger partial charge in [0.1, 0.15) is 0 Å². The molecule has 1 aromatic carbocycles. The van der Waals surface area contributed by atoms with Crippen LogP contribution in [-0.2, 0) is 4.79 Å². The molecule has 0 fully saturated rings. The van der Waals surface area contributed by atoms with Gasteiger partial charge in [0.15, 0.2) is 0 Å². The van der Waals surface area contributed by atoms with Crippen LogP contribution in [-0.4, -0.2) is 28.8 Å². The fourth-order valence-electron chi connectivity index (χ4n) is 2.20. The highest BCUT2D eigenvalue weighted by Gasteiger charge is 2.20. The molecule has 0 heterocycles. The van der Waals surface area contributed by atoms with Crippen LogP contribution in [0.2, 0.25) is 0 Å². The van der Waals surface area contributed by atoms with Gasteiger partial charge < -0.3 is 15.5 Å². The molecule has 0 aliphatic heterocycles. The smallest absolute Gasteiger partial charge is 0.303 e. The van der Waals surface area contributed by atoms with Gasteiger partial charge in [0.05, 0.1) is 6.10 Å². The van der Waals surface area contributed by atoms with Crippen molar-refractivity contribution in [3.63, 3.8) is 0 Å². The van der Waals surface area contributed by atoms with Crippen molar-refractivity contribution in [2.45, 2.75) is 51.2 Å². The summed E-state index contributed by atoms with van der Waals surface area (Å²) >= 11 is 0. The molecule has 0 radical (unpaired) electrons. The van der Waals surface area contributed by atoms with E-state index in [1.165, 1.54) is 0 Å². The molecule has 0 aliphatic carbocycles. The maximum atomic E-state index is 10.7. The minimum Gasteiger partial charge on any atom is -0.481 e. The van der Waals surface area contributed by atoms with Crippen molar-refractivity contribution in [3.8, 4) is 0 Å². The number of carboxylic acids is 1. The molecule has 0 aliphatic rings. The predicted molar refractivity (Wildman–Crippen MR) is 79.6 cm³/mol. The Hall–Kier alpha value is -1.39. The molecule has 4 nitrogen and oxygen atoms in total. The van der Waals surface area contributed by atoms with E-state index < -0.39 is 12.1 Å². The first-order valence-corrected chi connectivity index (χ1v) is 7.33. The molecule has 4 heteroatoms. The molecule has 1 rings (SSSR count). The Balaban J connectivity index is 2.58. The van der Waals surface area contributed by atoms with Crippen molar-refractivity contribution in [2.75, 3.05) is 6.54 Å². The lowest BCUT2D eigenvalue weighted by molar-refractivity contribution is -0.137. The predicted octanol–water partition coefficient (Wildman–Crippen LogP) is 2.73. The molecule has 0 aromatic heterocycles. The maximum Gasteiger partial charge on any atom is 0.303 e. The first-order chi connectivity index (χ1) is 9.65. The molecule has 2 unspecified atom stereocenters. The Bertz CT molecular complexity index is 381. The number of aliphatic hydroxyl groups is 1. The summed E-state index contributed by atoms with van der Waals surface area (Å²) in [6.07, 6.45) is 3.15. The number of nitrogens with one attached hydrogen (secondary N) is 1. The third kappa shape index (κ3) is 6.17. The number of rotatable bonds is 10. The second kappa shape index (κ2) is 9.50. The number of aliphatic carboxylic acids is 1. The van der Waals surface area contributed by atoms with Gasteiger partial charge in [-0.1, -0.05) is 50.1 Å². The van der Waals surface area contributed by atoms with Gasteiger partial charge in [-0.15, -0.1) is 0 Å². The molecule has 0 bridgehead atoms. The minimum absolute atomic E-state index is 0.0648. The summed E-state index contributed by atoms with van der Waals surface area (Å²) in [6.45, 7) is 2.95. The van der Waals surface area contributed by atoms with Crippen molar-refractivity contribution in [1.29, 1.82) is 0 Å². The second-order valence-electron chi connectivity index (χ2n) is 5.06. The van der Waals surface area contributed by atoms with E-state index in [0.29, 0.717) is 6.42 Å². The molecule has 3 N–H and O–H groups in total. The number of hydrogen-bond acceptors (Lipinski definition) is 3. The normalized spacial score (nSPS) is 13.9. The van der Waals surface area contributed by atoms with Crippen molar-refractivity contribution in [3.05, 3.63) is 35.9 Å². The first-order valence-electron chi connectivity index (χ1n) is 7.33. The third-order valence-electron chi connectivity index (χ3n) is 3.38. The lowest BCUT2D eigenvalue weighted by atomic mass is 9.98. The van der Waals surface area contributed by atoms with Gasteiger partial charge in [0, 0.05) is 12.5 Å². The van der Waals surface area contributed by atoms with Crippen molar-refractivity contribution in [1.82, 2.24) is 5.32 Å². The summed E-state index contributed by atoms with van der Waals surface area (Å²) in [5, 5.41) is 22.5. The average molecular weight is 279 g/mol. The number of aliphatic hydroxyl groups excluding tert-OH is 1. The summed E-state index contributed by atoms with van der Waals surface area (Å²) in [7, 11) is 0. The summed E-state index contributed by atoms with van der Waals surface area (Å²) < 4.78 is 0. The summed E-state index contributed by atoms with van der Waals surface area (Å²) in [6, 6.07) is 9.17. The van der Waals surface area contributed by atoms with E-state index in [1.807, 2.05) is 30.3 Å². The molecule has 20 heavy (non-hydrogen) atoms. The van der Waals surface area contributed by atoms with Crippen LogP contribution in [0.5, 0.6) is 0 Å². The SMILES string of the molecule is CCCCCNC(CCC(=O)O)C(O)c1ccccc1. The highest BCUT2D eigenvalue weighted by molar-refractivity contribution is 5.66. The van der Waals surface area contributed by atoms with Crippen LogP contribution >= 0.6 is 0 Å². The maximum absolute atomic E-state index is 10.7. The lowest BCUT2D eigenvalue weighted by Gasteiger charge is -2.24. The standard InChI is InChI=1S/C16H25NO3/c1-2-3-7-12-17-14(10-11-15(18)19)16(20)13-8-5-4-6-9-13/h4-6,8-9,14,16-17,20H,2-3,7,10-12H2,1H3,(H,18,19). The van der Waals surface area contributed by atoms with Gasteiger partial charge in [0.2, 0.25) is 0 Å². The van der Waals surface area contributed by atoms with Gasteiger partial charge in [-0.3, -0.25) is 4.79 Å². The topological polar surface area (TPSA) is 69.6 Å². The van der Waals surface area contributed by atoms with Crippen LogP contribution in [0.1, 0.15) is 50.7 Å². The van der Waals surface area contributed by atoms with E-state index in [9.17, 15) is 9.90 Å². The number of unbranched alkanes of at least 4 members (excludes halogenated alkanes) is 2. The van der Waals surface area contributed by atoms with E-state index in [1.54, 1.807) is 0 Å². The van der Waals surface area contributed by atoms with Gasteiger partial charge in [-0.2, -0.15) is 0 Å². The number of carbonyl (C=O) groups is 1. The Morgan fingerprint density at radius 3 is 2.55 bits per heavy atom. The summed E-state index contributed by atoms with van der Waals surface area (Å²) in [5.41, 5.74) is 0.825. The fourth-order valence-corrected chi connectivity index (χ4v) is 2.20. The zero-order valence-corrected chi connectivity index (χ0v) is 12.1. The average Bonchev–Trinajstić information content (AvgIpc) is 2.46. The van der Waals surface area contributed by atoms with E-state index in [0.717, 1.165) is 31.4 Å². The molecule has 1 aromatic rings. The number of carboxylic acid groups (broad SMARTS) is 1. The molecule has 0 amide bonds. The van der Waals surface area contributed by atoms with E-state index in [-0.39, 0.29) is 12.5 Å². The molecular weight excluding hydrogens is 254 g/mol.